The number of fused-ring (bicyclic) bond motifs is 11. The number of thiophene rings is 2. The lowest BCUT2D eigenvalue weighted by Gasteiger charge is -2.26. The van der Waals surface area contributed by atoms with Gasteiger partial charge in [-0.2, -0.15) is 0 Å². The maximum absolute atomic E-state index is 6.54. The minimum atomic E-state index is 0.910. The van der Waals surface area contributed by atoms with E-state index in [1.165, 1.54) is 62.8 Å². The molecule has 3 heterocycles. The average molecular weight is 752 g/mol. The topological polar surface area (TPSA) is 16.4 Å². The smallest absolute Gasteiger partial charge is 0.143 e. The summed E-state index contributed by atoms with van der Waals surface area (Å²) in [6.07, 6.45) is 6.80. The molecule has 0 radical (unpaired) electrons. The van der Waals surface area contributed by atoms with E-state index < -0.39 is 0 Å². The van der Waals surface area contributed by atoms with E-state index in [-0.39, 0.29) is 0 Å². The molecule has 3 aromatic heterocycles. The number of hydrogen-bond acceptors (Lipinski definition) is 4. The Labute approximate surface area is 331 Å². The van der Waals surface area contributed by atoms with Gasteiger partial charge in [-0.15, -0.1) is 22.7 Å². The third kappa shape index (κ3) is 4.93. The lowest BCUT2D eigenvalue weighted by Crippen LogP contribution is -2.10. The Kier molecular flexibility index (Phi) is 7.13. The monoisotopic (exact) mass is 751 g/mol. The summed E-state index contributed by atoms with van der Waals surface area (Å²) in [5, 5.41) is 8.65. The van der Waals surface area contributed by atoms with E-state index in [1.54, 1.807) is 0 Å². The van der Waals surface area contributed by atoms with E-state index in [0.29, 0.717) is 0 Å². The Morgan fingerprint density at radius 1 is 0.500 bits per heavy atom. The third-order valence-corrected chi connectivity index (χ3v) is 14.0. The number of nitrogens with zero attached hydrogens (tertiary/aromatic N) is 1. The van der Waals surface area contributed by atoms with Crippen molar-refractivity contribution in [3.05, 3.63) is 180 Å². The van der Waals surface area contributed by atoms with Crippen LogP contribution < -0.4 is 4.90 Å². The number of furan rings is 1. The Morgan fingerprint density at radius 3 is 2.05 bits per heavy atom. The summed E-state index contributed by atoms with van der Waals surface area (Å²) in [6, 6.07) is 60.0. The van der Waals surface area contributed by atoms with Crippen LogP contribution in [0.15, 0.2) is 174 Å². The van der Waals surface area contributed by atoms with Crippen LogP contribution in [0.3, 0.4) is 0 Å². The molecule has 0 saturated heterocycles. The van der Waals surface area contributed by atoms with Crippen molar-refractivity contribution >= 4 is 109 Å². The van der Waals surface area contributed by atoms with E-state index >= 15 is 0 Å². The summed E-state index contributed by atoms with van der Waals surface area (Å²) in [6.45, 7) is 0. The average Bonchev–Trinajstić information content (AvgIpc) is 3.96. The highest BCUT2D eigenvalue weighted by Crippen LogP contribution is 2.45. The first-order valence-corrected chi connectivity index (χ1v) is 20.8. The van der Waals surface area contributed by atoms with Crippen LogP contribution in [-0.4, -0.2) is 0 Å². The highest BCUT2D eigenvalue weighted by molar-refractivity contribution is 7.26. The van der Waals surface area contributed by atoms with E-state index in [2.05, 4.69) is 181 Å². The Balaban J connectivity index is 0.985. The molecule has 0 N–H and O–H groups in total. The number of aryl methyl sites for hydroxylation is 1. The first kappa shape index (κ1) is 31.8. The van der Waals surface area contributed by atoms with Gasteiger partial charge in [0.05, 0.1) is 0 Å². The summed E-state index contributed by atoms with van der Waals surface area (Å²) in [5.41, 5.74) is 11.6. The van der Waals surface area contributed by atoms with Crippen molar-refractivity contribution in [3.8, 4) is 22.3 Å². The molecule has 0 amide bonds. The molecule has 0 atom stereocenters. The predicted molar refractivity (Wildman–Crippen MR) is 242 cm³/mol. The first-order chi connectivity index (χ1) is 27.7. The van der Waals surface area contributed by atoms with Gasteiger partial charge in [-0.25, -0.2) is 0 Å². The summed E-state index contributed by atoms with van der Waals surface area (Å²) < 4.78 is 10.6. The van der Waals surface area contributed by atoms with Crippen molar-refractivity contribution in [1.82, 2.24) is 0 Å². The second-order valence-corrected chi connectivity index (χ2v) is 16.9. The van der Waals surface area contributed by atoms with Crippen LogP contribution in [0.25, 0.3) is 91.3 Å². The zero-order valence-electron chi connectivity index (χ0n) is 30.3. The molecule has 0 bridgehead atoms. The largest absolute Gasteiger partial charge is 0.455 e. The van der Waals surface area contributed by atoms with E-state index in [4.69, 9.17) is 4.42 Å². The lowest BCUT2D eigenvalue weighted by molar-refractivity contribution is 0.673. The minimum absolute atomic E-state index is 0.910. The van der Waals surface area contributed by atoms with Gasteiger partial charge in [0.2, 0.25) is 0 Å². The van der Waals surface area contributed by atoms with Crippen molar-refractivity contribution in [3.63, 3.8) is 0 Å². The van der Waals surface area contributed by atoms with E-state index in [1.807, 2.05) is 22.7 Å². The van der Waals surface area contributed by atoms with Crippen LogP contribution in [-0.2, 0) is 6.42 Å². The number of rotatable bonds is 5. The second-order valence-electron chi connectivity index (χ2n) is 14.7. The molecular weight excluding hydrogens is 719 g/mol. The van der Waals surface area contributed by atoms with E-state index in [0.717, 1.165) is 62.8 Å². The van der Waals surface area contributed by atoms with Gasteiger partial charge in [0.25, 0.3) is 0 Å². The Morgan fingerprint density at radius 2 is 1.20 bits per heavy atom. The summed E-state index contributed by atoms with van der Waals surface area (Å²) in [5.74, 6) is 0. The van der Waals surface area contributed by atoms with Gasteiger partial charge in [0.1, 0.15) is 11.2 Å². The van der Waals surface area contributed by atoms with Crippen LogP contribution >= 0.6 is 22.7 Å². The molecule has 0 saturated carbocycles. The third-order valence-electron chi connectivity index (χ3n) is 11.6. The number of benzene rings is 8. The number of hydrogen-bond donors (Lipinski definition) is 0. The highest BCUT2D eigenvalue weighted by Gasteiger charge is 2.20. The van der Waals surface area contributed by atoms with Crippen molar-refractivity contribution in [2.75, 3.05) is 4.90 Å². The zero-order chi connectivity index (χ0) is 36.7. The fourth-order valence-electron chi connectivity index (χ4n) is 8.90. The van der Waals surface area contributed by atoms with Crippen molar-refractivity contribution in [2.24, 2.45) is 0 Å². The molecule has 0 fully saturated rings. The summed E-state index contributed by atoms with van der Waals surface area (Å²) in [7, 11) is 0. The summed E-state index contributed by atoms with van der Waals surface area (Å²) >= 11 is 3.79. The molecule has 1 aliphatic carbocycles. The standard InChI is InChI=1S/C52H33NOS2/c1-2-10-39-32(9-1)23-29-44-50-38(13-8-16-46(50)54-51(39)44)33-19-24-35(25-20-33)53(37-28-30-49-45(31-37)42-12-4-5-17-47(42)55-49)36-26-21-34(22-27-36)40-14-7-15-43-41-11-3-6-18-48(41)56-52(40)43/h1-3,5-11,13-31H,4,12H2. The van der Waals surface area contributed by atoms with Crippen LogP contribution in [0, 0.1) is 0 Å². The van der Waals surface area contributed by atoms with Gasteiger partial charge >= 0.3 is 0 Å². The number of allylic oxidation sites excluding steroid dienone is 1. The molecule has 4 heteroatoms. The summed E-state index contributed by atoms with van der Waals surface area (Å²) in [4.78, 5) is 3.81. The predicted octanol–water partition coefficient (Wildman–Crippen LogP) is 16.1. The lowest BCUT2D eigenvalue weighted by atomic mass is 9.97. The minimum Gasteiger partial charge on any atom is -0.455 e. The molecule has 0 spiro atoms. The fourth-order valence-corrected chi connectivity index (χ4v) is 11.3. The Hall–Kier alpha value is -6.46. The molecule has 12 rings (SSSR count). The molecule has 264 valence electrons. The van der Waals surface area contributed by atoms with Gasteiger partial charge < -0.3 is 9.32 Å². The van der Waals surface area contributed by atoms with Gasteiger partial charge in [0.15, 0.2) is 0 Å². The molecule has 11 aromatic rings. The van der Waals surface area contributed by atoms with Crippen molar-refractivity contribution in [2.45, 2.75) is 12.8 Å². The number of anilines is 3. The van der Waals surface area contributed by atoms with Crippen LogP contribution in [0.4, 0.5) is 17.1 Å². The van der Waals surface area contributed by atoms with Crippen molar-refractivity contribution < 1.29 is 4.42 Å². The molecular formula is C52H33NOS2. The van der Waals surface area contributed by atoms with Crippen molar-refractivity contribution in [1.29, 1.82) is 0 Å². The highest BCUT2D eigenvalue weighted by atomic mass is 32.1. The fraction of sp³-hybridized carbons (Fsp3) is 0.0385. The van der Waals surface area contributed by atoms with Gasteiger partial charge in [-0.3, -0.25) is 0 Å². The molecule has 8 aromatic carbocycles. The van der Waals surface area contributed by atoms with Crippen LogP contribution in [0.2, 0.25) is 0 Å². The maximum Gasteiger partial charge on any atom is 0.143 e. The van der Waals surface area contributed by atoms with Crippen LogP contribution in [0.1, 0.15) is 16.9 Å². The Bertz CT molecular complexity index is 3360. The normalized spacial score (nSPS) is 12.8. The molecule has 0 aliphatic heterocycles. The second kappa shape index (κ2) is 12.5. The van der Waals surface area contributed by atoms with Gasteiger partial charge in [-0.1, -0.05) is 109 Å². The van der Waals surface area contributed by atoms with Gasteiger partial charge in [0, 0.05) is 63.0 Å². The molecule has 0 unspecified atom stereocenters. The van der Waals surface area contributed by atoms with Gasteiger partial charge in [-0.05, 0) is 118 Å². The first-order valence-electron chi connectivity index (χ1n) is 19.2. The molecule has 56 heavy (non-hydrogen) atoms. The zero-order valence-corrected chi connectivity index (χ0v) is 32.0. The van der Waals surface area contributed by atoms with Crippen LogP contribution in [0.5, 0.6) is 0 Å². The quantitative estimate of drug-likeness (QED) is 0.174. The SMILES string of the molecule is C1=Cc2sc3ccc(N(c4ccc(-c5cccc6c5sc5ccccc56)cc4)c4ccc(-c5cccc6oc7c8ccccc8ccc7c56)cc4)cc3c2CC1. The molecule has 2 nitrogen and oxygen atoms in total. The molecule has 1 aliphatic rings. The maximum atomic E-state index is 6.54. The van der Waals surface area contributed by atoms with E-state index in [9.17, 15) is 0 Å².